The van der Waals surface area contributed by atoms with E-state index in [1.807, 2.05) is 56.3 Å². The van der Waals surface area contributed by atoms with Crippen molar-refractivity contribution >= 4 is 61.9 Å². The van der Waals surface area contributed by atoms with Gasteiger partial charge in [0, 0.05) is 28.3 Å². The first-order valence-electron chi connectivity index (χ1n) is 12.2. The minimum absolute atomic E-state index is 0.234. The fourth-order valence-corrected chi connectivity index (χ4v) is 6.65. The molecule has 0 radical (unpaired) electrons. The average Bonchev–Trinajstić information content (AvgIpc) is 3.36. The number of hydrogen-bond donors (Lipinski definition) is 2. The predicted molar refractivity (Wildman–Crippen MR) is 163 cm³/mol. The van der Waals surface area contributed by atoms with Gasteiger partial charge in [-0.1, -0.05) is 29.3 Å². The van der Waals surface area contributed by atoms with Crippen molar-refractivity contribution in [3.63, 3.8) is 0 Å². The topological polar surface area (TPSA) is 79.3 Å². The molecular weight excluding hydrogens is 573 g/mol. The maximum atomic E-state index is 11.8. The number of nitrogens with one attached hydrogen (secondary N) is 2. The second kappa shape index (κ2) is 10.5. The zero-order chi connectivity index (χ0) is 28.1. The highest BCUT2D eigenvalue weighted by Gasteiger charge is 2.42. The molecule has 2 atom stereocenters. The number of rotatable bonds is 6. The Kier molecular flexibility index (Phi) is 7.37. The summed E-state index contributed by atoms with van der Waals surface area (Å²) < 4.78 is 28.4. The van der Waals surface area contributed by atoms with E-state index in [4.69, 9.17) is 35.4 Å². The van der Waals surface area contributed by atoms with Crippen molar-refractivity contribution in [1.29, 1.82) is 0 Å². The lowest BCUT2D eigenvalue weighted by Crippen LogP contribution is -2.29. The van der Waals surface area contributed by atoms with Crippen LogP contribution < -0.4 is 14.9 Å². The van der Waals surface area contributed by atoms with Crippen LogP contribution in [0.25, 0.3) is 5.69 Å². The third-order valence-electron chi connectivity index (χ3n) is 6.82. The first-order chi connectivity index (χ1) is 18.4. The van der Waals surface area contributed by atoms with Gasteiger partial charge in [-0.05, 0) is 98.7 Å². The fraction of sp³-hybridized carbons (Fsp3) is 0.214. The second-order valence-electron chi connectivity index (χ2n) is 9.63. The van der Waals surface area contributed by atoms with Gasteiger partial charge in [0.05, 0.1) is 40.4 Å². The maximum absolute atomic E-state index is 11.8. The second-order valence-corrected chi connectivity index (χ2v) is 12.6. The Morgan fingerprint density at radius 1 is 1.03 bits per heavy atom. The molecular formula is C28H27Cl2N5O2S2. The van der Waals surface area contributed by atoms with Crippen LogP contribution >= 0.6 is 35.4 Å². The van der Waals surface area contributed by atoms with Crippen molar-refractivity contribution < 1.29 is 8.42 Å². The molecule has 202 valence electrons. The molecule has 2 aromatic carbocycles. The summed E-state index contributed by atoms with van der Waals surface area (Å²) in [6.45, 7) is 5.97. The molecule has 1 saturated heterocycles. The van der Waals surface area contributed by atoms with Gasteiger partial charge < -0.3 is 14.8 Å². The van der Waals surface area contributed by atoms with Crippen LogP contribution in [0.3, 0.4) is 0 Å². The highest BCUT2D eigenvalue weighted by Crippen LogP contribution is 2.44. The molecule has 0 amide bonds. The van der Waals surface area contributed by atoms with Crippen LogP contribution in [0.2, 0.25) is 10.0 Å². The van der Waals surface area contributed by atoms with Gasteiger partial charge in [-0.25, -0.2) is 8.42 Å². The summed E-state index contributed by atoms with van der Waals surface area (Å²) in [4.78, 5) is 6.71. The van der Waals surface area contributed by atoms with E-state index in [1.54, 1.807) is 18.3 Å². The number of nitrogens with zero attached hydrogens (tertiary/aromatic N) is 3. The van der Waals surface area contributed by atoms with Gasteiger partial charge in [0.2, 0.25) is 10.0 Å². The molecule has 0 aliphatic carbocycles. The number of aryl methyl sites for hydroxylation is 2. The molecule has 2 N–H and O–H groups in total. The molecule has 1 fully saturated rings. The first-order valence-corrected chi connectivity index (χ1v) is 15.2. The highest BCUT2D eigenvalue weighted by molar-refractivity contribution is 7.92. The van der Waals surface area contributed by atoms with Crippen LogP contribution in [0.15, 0.2) is 66.9 Å². The van der Waals surface area contributed by atoms with Gasteiger partial charge in [-0.2, -0.15) is 0 Å². The van der Waals surface area contributed by atoms with Crippen LogP contribution in [-0.2, 0) is 10.0 Å². The Balaban J connectivity index is 1.66. The van der Waals surface area contributed by atoms with E-state index in [0.29, 0.717) is 20.8 Å². The first kappa shape index (κ1) is 27.5. The van der Waals surface area contributed by atoms with Crippen molar-refractivity contribution in [3.8, 4) is 5.69 Å². The molecule has 1 aliphatic rings. The van der Waals surface area contributed by atoms with Crippen LogP contribution in [0, 0.1) is 20.8 Å². The van der Waals surface area contributed by atoms with E-state index < -0.39 is 10.0 Å². The van der Waals surface area contributed by atoms with E-state index in [0.717, 1.165) is 45.8 Å². The maximum Gasteiger partial charge on any atom is 0.229 e. The smallest absolute Gasteiger partial charge is 0.229 e. The van der Waals surface area contributed by atoms with E-state index in [-0.39, 0.29) is 12.1 Å². The molecule has 11 heteroatoms. The molecule has 4 aromatic rings. The number of benzene rings is 2. The zero-order valence-corrected chi connectivity index (χ0v) is 24.9. The van der Waals surface area contributed by atoms with Crippen molar-refractivity contribution in [1.82, 2.24) is 14.9 Å². The minimum atomic E-state index is -3.41. The lowest BCUT2D eigenvalue weighted by Gasteiger charge is -2.29. The Bertz CT molecular complexity index is 1690. The molecule has 0 unspecified atom stereocenters. The summed E-state index contributed by atoms with van der Waals surface area (Å²) in [7, 11) is -3.41. The summed E-state index contributed by atoms with van der Waals surface area (Å²) >= 11 is 18.7. The van der Waals surface area contributed by atoms with E-state index >= 15 is 0 Å². The summed E-state index contributed by atoms with van der Waals surface area (Å²) in [5.74, 6) is 0. The Morgan fingerprint density at radius 3 is 2.44 bits per heavy atom. The highest BCUT2D eigenvalue weighted by atomic mass is 35.5. The van der Waals surface area contributed by atoms with Crippen LogP contribution in [-0.4, -0.2) is 29.3 Å². The van der Waals surface area contributed by atoms with Crippen molar-refractivity contribution in [2.45, 2.75) is 32.9 Å². The summed E-state index contributed by atoms with van der Waals surface area (Å²) in [5, 5.41) is 5.16. The zero-order valence-electron chi connectivity index (χ0n) is 21.7. The molecule has 0 spiro atoms. The van der Waals surface area contributed by atoms with Crippen LogP contribution in [0.1, 0.15) is 40.3 Å². The Hall–Kier alpha value is -3.11. The number of hydrogen-bond acceptors (Lipinski definition) is 4. The average molecular weight is 601 g/mol. The summed E-state index contributed by atoms with van der Waals surface area (Å²) in [6, 6.07) is 18.5. The number of sulfonamides is 1. The van der Waals surface area contributed by atoms with Crippen molar-refractivity contribution in [3.05, 3.63) is 105 Å². The standard InChI is InChI=1S/C28H27Cl2N5O2S2/c1-16-13-20(9-10-23(16)33-39(4,36)37)35-27(26(32-28(35)38)24-7-5-6-12-31-24)21-14-17(2)34(18(21)3)25-11-8-19(29)15-22(25)30/h5-15,26-27,33H,1-4H3,(H,32,38)/t26-,27-/m0/s1. The molecule has 7 nitrogen and oxygen atoms in total. The molecule has 2 aromatic heterocycles. The fourth-order valence-electron chi connectivity index (χ4n) is 5.18. The SMILES string of the molecule is Cc1cc(N2C(=S)N[C@@H](c3ccccn3)[C@@H]2c2cc(C)n(-c3ccc(Cl)cc3Cl)c2C)ccc1NS(C)(=O)=O. The number of aromatic nitrogens is 2. The summed E-state index contributed by atoms with van der Waals surface area (Å²) in [6.07, 6.45) is 2.91. The van der Waals surface area contributed by atoms with Crippen LogP contribution in [0.5, 0.6) is 0 Å². The molecule has 39 heavy (non-hydrogen) atoms. The number of pyridine rings is 1. The van der Waals surface area contributed by atoms with E-state index in [1.165, 1.54) is 0 Å². The predicted octanol–water partition coefficient (Wildman–Crippen LogP) is 6.65. The third-order valence-corrected chi connectivity index (χ3v) is 8.26. The van der Waals surface area contributed by atoms with Crippen molar-refractivity contribution in [2.24, 2.45) is 0 Å². The van der Waals surface area contributed by atoms with Crippen LogP contribution in [0.4, 0.5) is 11.4 Å². The van der Waals surface area contributed by atoms with Gasteiger partial charge in [0.15, 0.2) is 5.11 Å². The van der Waals surface area contributed by atoms with E-state index in [9.17, 15) is 8.42 Å². The Morgan fingerprint density at radius 2 is 1.79 bits per heavy atom. The Labute approximate surface area is 243 Å². The van der Waals surface area contributed by atoms with E-state index in [2.05, 4.69) is 37.5 Å². The minimum Gasteiger partial charge on any atom is -0.351 e. The number of halogens is 2. The van der Waals surface area contributed by atoms with Gasteiger partial charge in [-0.3, -0.25) is 9.71 Å². The van der Waals surface area contributed by atoms with Gasteiger partial charge in [0.25, 0.3) is 0 Å². The monoisotopic (exact) mass is 599 g/mol. The quantitative estimate of drug-likeness (QED) is 0.241. The van der Waals surface area contributed by atoms with Crippen molar-refractivity contribution in [2.75, 3.05) is 15.9 Å². The largest absolute Gasteiger partial charge is 0.351 e. The van der Waals surface area contributed by atoms with Gasteiger partial charge >= 0.3 is 0 Å². The normalized spacial score (nSPS) is 17.4. The molecule has 3 heterocycles. The lowest BCUT2D eigenvalue weighted by molar-refractivity contribution is 0.565. The number of anilines is 2. The molecule has 0 saturated carbocycles. The van der Waals surface area contributed by atoms with Gasteiger partial charge in [-0.15, -0.1) is 0 Å². The third kappa shape index (κ3) is 5.36. The summed E-state index contributed by atoms with van der Waals surface area (Å²) in [5.41, 5.74) is 6.89. The molecule has 1 aliphatic heterocycles. The lowest BCUT2D eigenvalue weighted by atomic mass is 9.96. The van der Waals surface area contributed by atoms with Gasteiger partial charge in [0.1, 0.15) is 0 Å². The molecule has 5 rings (SSSR count). The number of thiocarbonyl (C=S) groups is 1. The molecule has 0 bridgehead atoms.